The molecule has 21 heavy (non-hydrogen) atoms. The van der Waals surface area contributed by atoms with Crippen LogP contribution in [0.25, 0.3) is 0 Å². The van der Waals surface area contributed by atoms with E-state index in [0.717, 1.165) is 17.7 Å². The summed E-state index contributed by atoms with van der Waals surface area (Å²) in [5.74, 6) is 2.07. The summed E-state index contributed by atoms with van der Waals surface area (Å²) in [6.07, 6.45) is 5.78. The molecule has 0 aliphatic rings. The van der Waals surface area contributed by atoms with Gasteiger partial charge in [-0.05, 0) is 36.1 Å². The first-order valence-electron chi connectivity index (χ1n) is 6.89. The second kappa shape index (κ2) is 7.42. The molecular formula is C15H20N4O2. The number of hydrogen-bond donors (Lipinski definition) is 0. The Labute approximate surface area is 124 Å². The Balaban J connectivity index is 2.05. The van der Waals surface area contributed by atoms with Crippen molar-refractivity contribution >= 4 is 6.21 Å². The van der Waals surface area contributed by atoms with Crippen molar-refractivity contribution in [3.63, 3.8) is 0 Å². The van der Waals surface area contributed by atoms with Gasteiger partial charge in [0.2, 0.25) is 0 Å². The van der Waals surface area contributed by atoms with Crippen molar-refractivity contribution in [3.05, 3.63) is 36.4 Å². The van der Waals surface area contributed by atoms with Gasteiger partial charge in [0.25, 0.3) is 0 Å². The molecule has 0 amide bonds. The van der Waals surface area contributed by atoms with Crippen LogP contribution in [-0.2, 0) is 0 Å². The van der Waals surface area contributed by atoms with Crippen molar-refractivity contribution in [3.8, 4) is 11.5 Å². The largest absolute Gasteiger partial charge is 0.493 e. The van der Waals surface area contributed by atoms with Crippen LogP contribution < -0.4 is 9.47 Å². The molecule has 0 N–H and O–H groups in total. The van der Waals surface area contributed by atoms with Crippen molar-refractivity contribution < 1.29 is 9.47 Å². The predicted octanol–water partition coefficient (Wildman–Crippen LogP) is 2.59. The highest BCUT2D eigenvalue weighted by Gasteiger charge is 2.05. The zero-order valence-electron chi connectivity index (χ0n) is 12.6. The standard InChI is InChI=1S/C15H20N4O2/c1-12(2)6-7-21-14-5-4-13(8-15(14)20-3)9-18-19-10-16-17-11-19/h4-5,8-12H,6-7H2,1-3H3. The Morgan fingerprint density at radius 1 is 1.24 bits per heavy atom. The van der Waals surface area contributed by atoms with E-state index < -0.39 is 0 Å². The van der Waals surface area contributed by atoms with E-state index in [4.69, 9.17) is 9.47 Å². The smallest absolute Gasteiger partial charge is 0.161 e. The molecule has 0 fully saturated rings. The maximum atomic E-state index is 5.75. The van der Waals surface area contributed by atoms with E-state index in [1.165, 1.54) is 17.3 Å². The number of hydrogen-bond acceptors (Lipinski definition) is 5. The molecule has 2 rings (SSSR count). The molecule has 0 aliphatic heterocycles. The van der Waals surface area contributed by atoms with Crippen LogP contribution in [0, 0.1) is 5.92 Å². The van der Waals surface area contributed by atoms with E-state index in [2.05, 4.69) is 29.1 Å². The average Bonchev–Trinajstić information content (AvgIpc) is 2.99. The van der Waals surface area contributed by atoms with Crippen LogP contribution in [0.5, 0.6) is 11.5 Å². The van der Waals surface area contributed by atoms with Crippen molar-refractivity contribution in [1.82, 2.24) is 14.9 Å². The fourth-order valence-corrected chi connectivity index (χ4v) is 1.68. The molecule has 1 aromatic carbocycles. The van der Waals surface area contributed by atoms with Gasteiger partial charge < -0.3 is 9.47 Å². The highest BCUT2D eigenvalue weighted by atomic mass is 16.5. The predicted molar refractivity (Wildman–Crippen MR) is 81.0 cm³/mol. The number of rotatable bonds is 7. The molecule has 0 unspecified atom stereocenters. The molecule has 0 bridgehead atoms. The van der Waals surface area contributed by atoms with Crippen molar-refractivity contribution in [2.24, 2.45) is 11.0 Å². The summed E-state index contributed by atoms with van der Waals surface area (Å²) in [4.78, 5) is 0. The molecule has 0 radical (unpaired) electrons. The molecule has 2 aromatic rings. The van der Waals surface area contributed by atoms with Gasteiger partial charge in [0.15, 0.2) is 11.5 Å². The Morgan fingerprint density at radius 2 is 2.00 bits per heavy atom. The molecule has 6 heteroatoms. The van der Waals surface area contributed by atoms with Crippen LogP contribution in [0.2, 0.25) is 0 Å². The third-order valence-electron chi connectivity index (χ3n) is 2.89. The second-order valence-corrected chi connectivity index (χ2v) is 5.03. The fraction of sp³-hybridized carbons (Fsp3) is 0.400. The summed E-state index contributed by atoms with van der Waals surface area (Å²) in [5.41, 5.74) is 0.914. The third-order valence-corrected chi connectivity index (χ3v) is 2.89. The summed E-state index contributed by atoms with van der Waals surface area (Å²) in [7, 11) is 1.63. The van der Waals surface area contributed by atoms with Crippen LogP contribution >= 0.6 is 0 Å². The quantitative estimate of drug-likeness (QED) is 0.735. The lowest BCUT2D eigenvalue weighted by Gasteiger charge is -2.12. The Hall–Kier alpha value is -2.37. The first kappa shape index (κ1) is 15.0. The highest BCUT2D eigenvalue weighted by molar-refractivity contribution is 5.80. The molecule has 0 saturated heterocycles. The molecule has 6 nitrogen and oxygen atoms in total. The summed E-state index contributed by atoms with van der Waals surface area (Å²) in [6.45, 7) is 5.03. The van der Waals surface area contributed by atoms with Gasteiger partial charge in [-0.1, -0.05) is 13.8 Å². The van der Waals surface area contributed by atoms with Gasteiger partial charge >= 0.3 is 0 Å². The summed E-state index contributed by atoms with van der Waals surface area (Å²) >= 11 is 0. The summed E-state index contributed by atoms with van der Waals surface area (Å²) in [5, 5.41) is 11.6. The Morgan fingerprint density at radius 3 is 2.67 bits per heavy atom. The van der Waals surface area contributed by atoms with Crippen LogP contribution in [0.4, 0.5) is 0 Å². The molecule has 0 aliphatic carbocycles. The van der Waals surface area contributed by atoms with E-state index in [1.807, 2.05) is 18.2 Å². The van der Waals surface area contributed by atoms with Crippen LogP contribution in [0.3, 0.4) is 0 Å². The van der Waals surface area contributed by atoms with Crippen LogP contribution in [0.1, 0.15) is 25.8 Å². The lowest BCUT2D eigenvalue weighted by atomic mass is 10.1. The lowest BCUT2D eigenvalue weighted by Crippen LogP contribution is -2.03. The molecule has 112 valence electrons. The minimum Gasteiger partial charge on any atom is -0.493 e. The Bertz CT molecular complexity index is 579. The summed E-state index contributed by atoms with van der Waals surface area (Å²) < 4.78 is 12.6. The van der Waals surface area contributed by atoms with E-state index in [0.29, 0.717) is 18.3 Å². The van der Waals surface area contributed by atoms with Gasteiger partial charge in [0.1, 0.15) is 12.7 Å². The first-order valence-corrected chi connectivity index (χ1v) is 6.89. The SMILES string of the molecule is COc1cc(C=Nn2cnnc2)ccc1OCCC(C)C. The van der Waals surface area contributed by atoms with Crippen molar-refractivity contribution in [2.75, 3.05) is 13.7 Å². The molecule has 0 spiro atoms. The normalized spacial score (nSPS) is 11.2. The minimum absolute atomic E-state index is 0.617. The number of ether oxygens (including phenoxy) is 2. The lowest BCUT2D eigenvalue weighted by molar-refractivity contribution is 0.273. The van der Waals surface area contributed by atoms with Crippen molar-refractivity contribution in [2.45, 2.75) is 20.3 Å². The zero-order chi connectivity index (χ0) is 15.1. The van der Waals surface area contributed by atoms with E-state index >= 15 is 0 Å². The number of benzene rings is 1. The minimum atomic E-state index is 0.617. The van der Waals surface area contributed by atoms with E-state index in [1.54, 1.807) is 13.3 Å². The van der Waals surface area contributed by atoms with Gasteiger partial charge in [-0.25, -0.2) is 4.68 Å². The highest BCUT2D eigenvalue weighted by Crippen LogP contribution is 2.27. The van der Waals surface area contributed by atoms with Crippen LogP contribution in [0.15, 0.2) is 36.0 Å². The van der Waals surface area contributed by atoms with Crippen LogP contribution in [-0.4, -0.2) is 34.8 Å². The monoisotopic (exact) mass is 288 g/mol. The number of aromatic nitrogens is 3. The summed E-state index contributed by atoms with van der Waals surface area (Å²) in [6, 6.07) is 5.71. The molecule has 0 atom stereocenters. The Kier molecular flexibility index (Phi) is 5.31. The fourth-order valence-electron chi connectivity index (χ4n) is 1.68. The molecule has 1 heterocycles. The number of methoxy groups -OCH3 is 1. The molecule has 0 saturated carbocycles. The van der Waals surface area contributed by atoms with Gasteiger partial charge in [0.05, 0.1) is 19.9 Å². The second-order valence-electron chi connectivity index (χ2n) is 5.03. The van der Waals surface area contributed by atoms with E-state index in [9.17, 15) is 0 Å². The maximum Gasteiger partial charge on any atom is 0.161 e. The third kappa shape index (κ3) is 4.59. The van der Waals surface area contributed by atoms with Gasteiger partial charge in [-0.3, -0.25) is 0 Å². The van der Waals surface area contributed by atoms with Gasteiger partial charge in [0, 0.05) is 0 Å². The molecule has 1 aromatic heterocycles. The topological polar surface area (TPSA) is 61.5 Å². The maximum absolute atomic E-state index is 5.75. The van der Waals surface area contributed by atoms with E-state index in [-0.39, 0.29) is 0 Å². The van der Waals surface area contributed by atoms with Gasteiger partial charge in [-0.2, -0.15) is 5.10 Å². The van der Waals surface area contributed by atoms with Crippen molar-refractivity contribution in [1.29, 1.82) is 0 Å². The average molecular weight is 288 g/mol. The number of nitrogens with zero attached hydrogens (tertiary/aromatic N) is 4. The van der Waals surface area contributed by atoms with Gasteiger partial charge in [-0.15, -0.1) is 10.2 Å². The first-order chi connectivity index (χ1) is 10.2. The molecular weight excluding hydrogens is 268 g/mol. The zero-order valence-corrected chi connectivity index (χ0v) is 12.6.